The highest BCUT2D eigenvalue weighted by Crippen LogP contribution is 2.15. The van der Waals surface area contributed by atoms with Crippen LogP contribution in [-0.4, -0.2) is 95.6 Å². The van der Waals surface area contributed by atoms with Crippen molar-refractivity contribution in [1.29, 1.82) is 0 Å². The highest BCUT2D eigenvalue weighted by Gasteiger charge is 2.32. The van der Waals surface area contributed by atoms with E-state index in [4.69, 9.17) is 5.73 Å². The molecule has 0 heterocycles. The molecule has 18 nitrogen and oxygen atoms in total. The highest BCUT2D eigenvalue weighted by atomic mass is 16.4. The number of aliphatic carboxylic acids is 1. The molecule has 18 heteroatoms. The van der Waals surface area contributed by atoms with Gasteiger partial charge in [-0.1, -0.05) is 88.4 Å². The minimum absolute atomic E-state index is 0.0295. The van der Waals surface area contributed by atoms with Crippen molar-refractivity contribution in [2.45, 2.75) is 77.7 Å². The first kappa shape index (κ1) is 46.6. The van der Waals surface area contributed by atoms with Crippen molar-refractivity contribution in [3.63, 3.8) is 0 Å². The molecule has 0 aliphatic rings. The number of carbonyl (C=O) groups is 9. The van der Waals surface area contributed by atoms with Crippen molar-refractivity contribution in [3.05, 3.63) is 83.9 Å². The molecule has 8 amide bonds. The summed E-state index contributed by atoms with van der Waals surface area (Å²) < 4.78 is 0. The van der Waals surface area contributed by atoms with Crippen molar-refractivity contribution < 1.29 is 48.3 Å². The molecule has 0 aromatic heterocycles. The van der Waals surface area contributed by atoms with Crippen LogP contribution in [0.1, 0.15) is 58.2 Å². The lowest BCUT2D eigenvalue weighted by Gasteiger charge is -2.27. The molecule has 308 valence electrons. The average Bonchev–Trinajstić information content (AvgIpc) is 3.15. The smallest absolute Gasteiger partial charge is 0.326 e. The van der Waals surface area contributed by atoms with Crippen LogP contribution in [0.2, 0.25) is 0 Å². The second-order valence-corrected chi connectivity index (χ2v) is 13.9. The molecule has 0 aliphatic heterocycles. The van der Waals surface area contributed by atoms with Crippen molar-refractivity contribution in [1.82, 2.24) is 37.2 Å². The van der Waals surface area contributed by atoms with Crippen LogP contribution in [0.5, 0.6) is 0 Å². The maximum atomic E-state index is 13.7. The Labute approximate surface area is 330 Å². The zero-order valence-corrected chi connectivity index (χ0v) is 32.5. The van der Waals surface area contributed by atoms with E-state index in [-0.39, 0.29) is 24.7 Å². The molecule has 0 bridgehead atoms. The number of carboxylic acids is 1. The number of hydrogen-bond donors (Lipinski definition) is 9. The number of hydrogen-bond acceptors (Lipinski definition) is 9. The lowest BCUT2D eigenvalue weighted by molar-refractivity contribution is -0.141. The van der Waals surface area contributed by atoms with Crippen molar-refractivity contribution in [3.8, 4) is 0 Å². The lowest BCUT2D eigenvalue weighted by atomic mass is 9.99. The van der Waals surface area contributed by atoms with Gasteiger partial charge in [-0.25, -0.2) is 4.79 Å². The van der Waals surface area contributed by atoms with Crippen LogP contribution >= 0.6 is 0 Å². The summed E-state index contributed by atoms with van der Waals surface area (Å²) in [4.78, 5) is 113. The van der Waals surface area contributed by atoms with E-state index < -0.39 is 96.5 Å². The molecule has 5 atom stereocenters. The van der Waals surface area contributed by atoms with Gasteiger partial charge in [-0.3, -0.25) is 38.4 Å². The van der Waals surface area contributed by atoms with Crippen molar-refractivity contribution in [2.75, 3.05) is 13.1 Å². The van der Waals surface area contributed by atoms with Crippen LogP contribution in [0.3, 0.4) is 0 Å². The lowest BCUT2D eigenvalue weighted by Crippen LogP contribution is -2.56. The molecule has 0 radical (unpaired) electrons. The Hall–Kier alpha value is -6.59. The number of carboxylic acid groups (broad SMARTS) is 1. The summed E-state index contributed by atoms with van der Waals surface area (Å²) in [6, 6.07) is 11.0. The Morgan fingerprint density at radius 1 is 0.632 bits per heavy atom. The summed E-state index contributed by atoms with van der Waals surface area (Å²) in [5.74, 6) is -7.74. The number of benzene rings is 2. The Morgan fingerprint density at radius 3 is 1.77 bits per heavy atom. The Bertz CT molecular complexity index is 1770. The number of rotatable bonds is 22. The first-order chi connectivity index (χ1) is 26.9. The third-order valence-corrected chi connectivity index (χ3v) is 8.22. The molecule has 2 rings (SSSR count). The Kier molecular flexibility index (Phi) is 19.1. The summed E-state index contributed by atoms with van der Waals surface area (Å²) in [7, 11) is 0. The van der Waals surface area contributed by atoms with Gasteiger partial charge in [0.2, 0.25) is 47.3 Å². The summed E-state index contributed by atoms with van der Waals surface area (Å²) >= 11 is 0. The fourth-order valence-corrected chi connectivity index (χ4v) is 5.23. The minimum atomic E-state index is -1.30. The Morgan fingerprint density at radius 2 is 1.21 bits per heavy atom. The van der Waals surface area contributed by atoms with Gasteiger partial charge in [-0.05, 0) is 36.3 Å². The summed E-state index contributed by atoms with van der Waals surface area (Å²) in [5.41, 5.74) is 6.52. The van der Waals surface area contributed by atoms with Crippen LogP contribution in [-0.2, 0) is 49.6 Å². The van der Waals surface area contributed by atoms with Gasteiger partial charge in [-0.2, -0.15) is 0 Å². The summed E-state index contributed by atoms with van der Waals surface area (Å²) in [6.07, 6.45) is 1.86. The van der Waals surface area contributed by atoms with Gasteiger partial charge in [0.15, 0.2) is 0 Å². The normalized spacial score (nSPS) is 13.6. The zero-order valence-electron chi connectivity index (χ0n) is 32.5. The van der Waals surface area contributed by atoms with Crippen LogP contribution in [0.15, 0.2) is 72.8 Å². The van der Waals surface area contributed by atoms with Crippen molar-refractivity contribution >= 4 is 53.2 Å². The molecule has 2 aromatic carbocycles. The fraction of sp³-hybridized carbons (Fsp3) is 0.410. The SMILES string of the molecule is CC(C)CC(NC(=O)C(NC(=O)C(C)NC(=O)C=CC(=O)NCC(=O)NCC(=O)NC(Cc1ccccc1)C(=O)O)c1ccccc1)C(=O)NC(C(N)=O)C(C)C. The largest absolute Gasteiger partial charge is 0.480 e. The first-order valence-corrected chi connectivity index (χ1v) is 18.2. The fourth-order valence-electron chi connectivity index (χ4n) is 5.23. The number of amides is 8. The van der Waals surface area contributed by atoms with E-state index in [1.165, 1.54) is 6.92 Å². The quantitative estimate of drug-likeness (QED) is 0.0663. The van der Waals surface area contributed by atoms with Crippen LogP contribution in [0.25, 0.3) is 0 Å². The zero-order chi connectivity index (χ0) is 42.7. The molecule has 0 spiro atoms. The monoisotopic (exact) mass is 792 g/mol. The predicted molar refractivity (Wildman–Crippen MR) is 207 cm³/mol. The molecule has 10 N–H and O–H groups in total. The number of nitrogens with two attached hydrogens (primary N) is 1. The predicted octanol–water partition coefficient (Wildman–Crippen LogP) is -0.894. The second-order valence-electron chi connectivity index (χ2n) is 13.9. The van der Waals surface area contributed by atoms with E-state index in [1.807, 2.05) is 13.8 Å². The third-order valence-electron chi connectivity index (χ3n) is 8.22. The van der Waals surface area contributed by atoms with Gasteiger partial charge in [0.05, 0.1) is 13.1 Å². The molecule has 0 aliphatic carbocycles. The summed E-state index contributed by atoms with van der Waals surface area (Å²) in [5, 5.41) is 26.5. The highest BCUT2D eigenvalue weighted by molar-refractivity contribution is 6.00. The van der Waals surface area contributed by atoms with E-state index in [1.54, 1.807) is 74.5 Å². The van der Waals surface area contributed by atoms with E-state index >= 15 is 0 Å². The number of carbonyl (C=O) groups excluding carboxylic acids is 8. The second kappa shape index (κ2) is 23.4. The van der Waals surface area contributed by atoms with Gasteiger partial charge in [0.1, 0.15) is 30.2 Å². The number of nitrogens with one attached hydrogen (secondary N) is 7. The number of primary amides is 1. The van der Waals surface area contributed by atoms with Crippen LogP contribution in [0, 0.1) is 11.8 Å². The first-order valence-electron chi connectivity index (χ1n) is 18.2. The van der Waals surface area contributed by atoms with Crippen molar-refractivity contribution in [2.24, 2.45) is 17.6 Å². The molecule has 0 saturated carbocycles. The molecule has 2 aromatic rings. The maximum absolute atomic E-state index is 13.7. The van der Waals surface area contributed by atoms with E-state index in [0.717, 1.165) is 12.2 Å². The Balaban J connectivity index is 1.94. The van der Waals surface area contributed by atoms with E-state index in [2.05, 4.69) is 37.2 Å². The molecular formula is C39H52N8O10. The average molecular weight is 793 g/mol. The van der Waals surface area contributed by atoms with Gasteiger partial charge >= 0.3 is 5.97 Å². The van der Waals surface area contributed by atoms with Gasteiger partial charge in [0, 0.05) is 18.6 Å². The van der Waals surface area contributed by atoms with Gasteiger partial charge in [0.25, 0.3) is 0 Å². The molecule has 0 saturated heterocycles. The minimum Gasteiger partial charge on any atom is -0.480 e. The molecule has 5 unspecified atom stereocenters. The van der Waals surface area contributed by atoms with Crippen LogP contribution in [0.4, 0.5) is 0 Å². The standard InChI is InChI=1S/C39H52N8O10/c1-22(2)18-27(37(54)46-33(23(3)4)35(40)52)45-38(55)34(26-14-10-7-11-15-26)47-36(53)24(5)43-30(49)17-16-29(48)41-20-31(50)42-21-32(51)44-28(39(56)57)19-25-12-8-6-9-13-25/h6-17,22-24,27-28,33-34H,18-21H2,1-5H3,(H2,40,52)(H,41,48)(H,42,50)(H,43,49)(H,44,51)(H,45,55)(H,46,54)(H,47,53)(H,56,57). The molecule has 0 fully saturated rings. The van der Waals surface area contributed by atoms with Gasteiger partial charge in [-0.15, -0.1) is 0 Å². The summed E-state index contributed by atoms with van der Waals surface area (Å²) in [6.45, 7) is 7.31. The maximum Gasteiger partial charge on any atom is 0.326 e. The molecule has 57 heavy (non-hydrogen) atoms. The van der Waals surface area contributed by atoms with Crippen LogP contribution < -0.4 is 43.0 Å². The third kappa shape index (κ3) is 17.2. The van der Waals surface area contributed by atoms with Gasteiger partial charge < -0.3 is 48.1 Å². The van der Waals surface area contributed by atoms with E-state index in [0.29, 0.717) is 11.1 Å². The topological polar surface area (TPSA) is 284 Å². The molecular weight excluding hydrogens is 740 g/mol. The van der Waals surface area contributed by atoms with E-state index in [9.17, 15) is 48.3 Å².